The van der Waals surface area contributed by atoms with Crippen LogP contribution in [0.4, 0.5) is 0 Å². The molecule has 1 atom stereocenters. The number of nitrogens with zero attached hydrogens (tertiary/aromatic N) is 1. The molecule has 3 aromatic rings. The molecule has 1 heterocycles. The molecular formula is C19H17ClN2O2. The highest BCUT2D eigenvalue weighted by molar-refractivity contribution is 6.30. The first kappa shape index (κ1) is 16.3. The lowest BCUT2D eigenvalue weighted by Crippen LogP contribution is -2.25. The molecule has 1 N–H and O–H groups in total. The summed E-state index contributed by atoms with van der Waals surface area (Å²) in [5.74, 6) is -0.0671. The van der Waals surface area contributed by atoms with E-state index in [2.05, 4.69) is 10.5 Å². The second kappa shape index (κ2) is 7.79. The lowest BCUT2D eigenvalue weighted by atomic mass is 9.88. The van der Waals surface area contributed by atoms with Crippen molar-refractivity contribution in [3.05, 3.63) is 88.8 Å². The van der Waals surface area contributed by atoms with Gasteiger partial charge in [0.25, 0.3) is 0 Å². The first-order valence-electron chi connectivity index (χ1n) is 7.69. The molecular weight excluding hydrogens is 324 g/mol. The zero-order valence-corrected chi connectivity index (χ0v) is 13.7. The Hall–Kier alpha value is -2.59. The molecule has 4 nitrogen and oxygen atoms in total. The van der Waals surface area contributed by atoms with Crippen LogP contribution in [-0.2, 0) is 11.3 Å². The Morgan fingerprint density at radius 2 is 1.75 bits per heavy atom. The van der Waals surface area contributed by atoms with Crippen LogP contribution in [0.25, 0.3) is 0 Å². The Kier molecular flexibility index (Phi) is 5.29. The molecule has 0 aliphatic heterocycles. The molecule has 3 rings (SSSR count). The van der Waals surface area contributed by atoms with E-state index in [1.165, 1.54) is 6.26 Å². The number of benzene rings is 2. The number of carbonyl (C=O) groups excluding carboxylic acids is 1. The number of hydrogen-bond donors (Lipinski definition) is 1. The van der Waals surface area contributed by atoms with E-state index in [0.717, 1.165) is 11.1 Å². The van der Waals surface area contributed by atoms with Crippen molar-refractivity contribution in [3.63, 3.8) is 0 Å². The predicted octanol–water partition coefficient (Wildman–Crippen LogP) is 4.17. The fraction of sp³-hybridized carbons (Fsp3) is 0.158. The van der Waals surface area contributed by atoms with Crippen LogP contribution in [0.15, 0.2) is 71.4 Å². The first-order chi connectivity index (χ1) is 11.7. The lowest BCUT2D eigenvalue weighted by molar-refractivity contribution is -0.121. The van der Waals surface area contributed by atoms with E-state index in [0.29, 0.717) is 23.7 Å². The highest BCUT2D eigenvalue weighted by Crippen LogP contribution is 2.28. The Balaban J connectivity index is 1.74. The average molecular weight is 341 g/mol. The van der Waals surface area contributed by atoms with Crippen LogP contribution >= 0.6 is 11.6 Å². The van der Waals surface area contributed by atoms with Crippen LogP contribution in [0.3, 0.4) is 0 Å². The van der Waals surface area contributed by atoms with E-state index in [-0.39, 0.29) is 11.8 Å². The van der Waals surface area contributed by atoms with Crippen LogP contribution in [0.2, 0.25) is 5.02 Å². The zero-order valence-electron chi connectivity index (χ0n) is 13.0. The summed E-state index contributed by atoms with van der Waals surface area (Å²) in [5.41, 5.74) is 2.85. The van der Waals surface area contributed by atoms with Crippen molar-refractivity contribution in [2.24, 2.45) is 0 Å². The Bertz CT molecular complexity index is 771. The van der Waals surface area contributed by atoms with E-state index < -0.39 is 0 Å². The van der Waals surface area contributed by atoms with Crippen molar-refractivity contribution in [3.8, 4) is 0 Å². The second-order valence-corrected chi connectivity index (χ2v) is 5.92. The number of nitrogens with one attached hydrogen (secondary N) is 1. The fourth-order valence-electron chi connectivity index (χ4n) is 2.58. The Morgan fingerprint density at radius 3 is 2.42 bits per heavy atom. The van der Waals surface area contributed by atoms with Gasteiger partial charge >= 0.3 is 0 Å². The summed E-state index contributed by atoms with van der Waals surface area (Å²) >= 11 is 5.98. The molecule has 1 aromatic heterocycles. The van der Waals surface area contributed by atoms with E-state index in [1.807, 2.05) is 54.6 Å². The normalized spacial score (nSPS) is 11.9. The average Bonchev–Trinajstić information content (AvgIpc) is 3.13. The SMILES string of the molecule is O=C(C[C@@H](c1ccccc1)c1ccc(Cl)cc1)NCc1ccon1. The summed E-state index contributed by atoms with van der Waals surface area (Å²) < 4.78 is 4.76. The third-order valence-electron chi connectivity index (χ3n) is 3.82. The van der Waals surface area contributed by atoms with Gasteiger partial charge in [-0.25, -0.2) is 0 Å². The minimum atomic E-state index is -0.0400. The molecule has 0 saturated heterocycles. The van der Waals surface area contributed by atoms with Gasteiger partial charge in [-0.15, -0.1) is 0 Å². The quantitative estimate of drug-likeness (QED) is 0.732. The summed E-state index contributed by atoms with van der Waals surface area (Å²) in [4.78, 5) is 12.4. The molecule has 0 fully saturated rings. The minimum absolute atomic E-state index is 0.0271. The van der Waals surface area contributed by atoms with E-state index in [4.69, 9.17) is 16.1 Å². The molecule has 0 spiro atoms. The van der Waals surface area contributed by atoms with Gasteiger partial charge in [-0.2, -0.15) is 0 Å². The van der Waals surface area contributed by atoms with Gasteiger partial charge in [0.15, 0.2) is 0 Å². The van der Waals surface area contributed by atoms with E-state index in [9.17, 15) is 4.79 Å². The minimum Gasteiger partial charge on any atom is -0.364 e. The van der Waals surface area contributed by atoms with Gasteiger partial charge < -0.3 is 9.84 Å². The van der Waals surface area contributed by atoms with Crippen molar-refractivity contribution in [1.82, 2.24) is 10.5 Å². The van der Waals surface area contributed by atoms with Gasteiger partial charge in [-0.05, 0) is 23.3 Å². The molecule has 1 amide bonds. The molecule has 0 unspecified atom stereocenters. The highest BCUT2D eigenvalue weighted by Gasteiger charge is 2.18. The van der Waals surface area contributed by atoms with Crippen LogP contribution in [0.5, 0.6) is 0 Å². The number of carbonyl (C=O) groups is 1. The standard InChI is InChI=1S/C19H17ClN2O2/c20-16-8-6-15(7-9-16)18(14-4-2-1-3-5-14)12-19(23)21-13-17-10-11-24-22-17/h1-11,18H,12-13H2,(H,21,23)/t18-/m0/s1. The number of hydrogen-bond acceptors (Lipinski definition) is 3. The molecule has 0 bridgehead atoms. The first-order valence-corrected chi connectivity index (χ1v) is 8.06. The maximum absolute atomic E-state index is 12.4. The van der Waals surface area contributed by atoms with Gasteiger partial charge in [-0.3, -0.25) is 4.79 Å². The van der Waals surface area contributed by atoms with Crippen molar-refractivity contribution in [2.45, 2.75) is 18.9 Å². The smallest absolute Gasteiger partial charge is 0.221 e. The summed E-state index contributed by atoms with van der Waals surface area (Å²) in [7, 11) is 0. The van der Waals surface area contributed by atoms with Crippen LogP contribution in [0.1, 0.15) is 29.2 Å². The molecule has 2 aromatic carbocycles. The second-order valence-electron chi connectivity index (χ2n) is 5.49. The van der Waals surface area contributed by atoms with Crippen molar-refractivity contribution in [1.29, 1.82) is 0 Å². The Morgan fingerprint density at radius 1 is 1.04 bits per heavy atom. The maximum atomic E-state index is 12.4. The molecule has 0 radical (unpaired) electrons. The molecule has 0 aliphatic carbocycles. The summed E-state index contributed by atoms with van der Waals surface area (Å²) in [6.07, 6.45) is 1.84. The molecule has 122 valence electrons. The van der Waals surface area contributed by atoms with Crippen molar-refractivity contribution < 1.29 is 9.32 Å². The number of rotatable bonds is 6. The van der Waals surface area contributed by atoms with Crippen LogP contribution in [-0.4, -0.2) is 11.1 Å². The van der Waals surface area contributed by atoms with Gasteiger partial charge in [0, 0.05) is 23.4 Å². The van der Waals surface area contributed by atoms with Crippen LogP contribution in [0, 0.1) is 0 Å². The third kappa shape index (κ3) is 4.24. The molecule has 24 heavy (non-hydrogen) atoms. The predicted molar refractivity (Wildman–Crippen MR) is 92.7 cm³/mol. The zero-order chi connectivity index (χ0) is 16.8. The molecule has 5 heteroatoms. The van der Waals surface area contributed by atoms with Crippen molar-refractivity contribution >= 4 is 17.5 Å². The Labute approximate surface area is 145 Å². The van der Waals surface area contributed by atoms with Crippen molar-refractivity contribution in [2.75, 3.05) is 0 Å². The van der Waals surface area contributed by atoms with Gasteiger partial charge in [-0.1, -0.05) is 59.2 Å². The number of aromatic nitrogens is 1. The number of amides is 1. The highest BCUT2D eigenvalue weighted by atomic mass is 35.5. The summed E-state index contributed by atoms with van der Waals surface area (Å²) in [6, 6.07) is 19.3. The number of halogens is 1. The van der Waals surface area contributed by atoms with E-state index in [1.54, 1.807) is 6.07 Å². The summed E-state index contributed by atoms with van der Waals surface area (Å²) in [6.45, 7) is 0.359. The fourth-order valence-corrected chi connectivity index (χ4v) is 2.71. The van der Waals surface area contributed by atoms with E-state index >= 15 is 0 Å². The largest absolute Gasteiger partial charge is 0.364 e. The van der Waals surface area contributed by atoms with Gasteiger partial charge in [0.1, 0.15) is 12.0 Å². The molecule has 0 saturated carbocycles. The topological polar surface area (TPSA) is 55.1 Å². The molecule has 0 aliphatic rings. The van der Waals surface area contributed by atoms with Gasteiger partial charge in [0.2, 0.25) is 5.91 Å². The maximum Gasteiger partial charge on any atom is 0.221 e. The summed E-state index contributed by atoms with van der Waals surface area (Å²) in [5, 5.41) is 7.35. The monoisotopic (exact) mass is 340 g/mol. The third-order valence-corrected chi connectivity index (χ3v) is 4.07. The van der Waals surface area contributed by atoms with Crippen LogP contribution < -0.4 is 5.32 Å². The van der Waals surface area contributed by atoms with Gasteiger partial charge in [0.05, 0.1) is 6.54 Å². The lowest BCUT2D eigenvalue weighted by Gasteiger charge is -2.18.